The first-order chi connectivity index (χ1) is 15.5. The van der Waals surface area contributed by atoms with E-state index in [1.807, 2.05) is 39.8 Å². The van der Waals surface area contributed by atoms with E-state index in [1.165, 1.54) is 0 Å². The van der Waals surface area contributed by atoms with E-state index in [4.69, 9.17) is 14.2 Å². The smallest absolute Gasteiger partial charge is 0.362 e. The van der Waals surface area contributed by atoms with E-state index in [-0.39, 0.29) is 6.79 Å². The Morgan fingerprint density at radius 1 is 0.939 bits per heavy atom. The number of aliphatic hydroxyl groups is 1. The molecule has 0 spiro atoms. The second-order valence-electron chi connectivity index (χ2n) is 8.59. The highest BCUT2D eigenvalue weighted by Gasteiger charge is 2.25. The monoisotopic (exact) mass is 480 g/mol. The largest absolute Gasteiger partial charge is 0.480 e. The zero-order chi connectivity index (χ0) is 24.8. The zero-order valence-corrected chi connectivity index (χ0v) is 21.3. The predicted octanol–water partition coefficient (Wildman–Crippen LogP) is 5.03. The Morgan fingerprint density at radius 3 is 1.94 bits per heavy atom. The molecule has 1 unspecified atom stereocenters. The van der Waals surface area contributed by atoms with E-state index in [2.05, 4.69) is 13.8 Å². The van der Waals surface area contributed by atoms with Crippen molar-refractivity contribution in [3.8, 4) is 11.5 Å². The summed E-state index contributed by atoms with van der Waals surface area (Å²) in [6.45, 7) is 12.7. The molecule has 0 saturated heterocycles. The van der Waals surface area contributed by atoms with Crippen LogP contribution in [-0.4, -0.2) is 34.6 Å². The van der Waals surface area contributed by atoms with Crippen LogP contribution in [0.4, 0.5) is 0 Å². The average Bonchev–Trinajstić information content (AvgIpc) is 2.75. The predicted molar refractivity (Wildman–Crippen MR) is 129 cm³/mol. The van der Waals surface area contributed by atoms with Gasteiger partial charge in [-0.3, -0.25) is 4.57 Å². The molecule has 184 valence electrons. The maximum Gasteiger partial charge on any atom is 0.362 e. The number of hydrogen-bond donors (Lipinski definition) is 3. The molecular weight excluding hydrogens is 443 g/mol. The fourth-order valence-corrected chi connectivity index (χ4v) is 4.32. The molecule has 0 aliphatic carbocycles. The Balaban J connectivity index is 2.34. The zero-order valence-electron chi connectivity index (χ0n) is 20.4. The molecule has 0 fully saturated rings. The first kappa shape index (κ1) is 27.4. The van der Waals surface area contributed by atoms with Crippen molar-refractivity contribution in [3.63, 3.8) is 0 Å². The summed E-state index contributed by atoms with van der Waals surface area (Å²) in [7, 11) is -4.31. The van der Waals surface area contributed by atoms with Crippen molar-refractivity contribution in [2.75, 3.05) is 19.7 Å². The lowest BCUT2D eigenvalue weighted by molar-refractivity contribution is 0.00270. The Kier molecular flexibility index (Phi) is 9.95. The fraction of sp³-hybridized carbons (Fsp3) is 0.520. The lowest BCUT2D eigenvalue weighted by Gasteiger charge is -2.26. The summed E-state index contributed by atoms with van der Waals surface area (Å²) in [5.41, 5.74) is 4.95. The maximum atomic E-state index is 11.4. The first-order valence-corrected chi connectivity index (χ1v) is 13.1. The number of aliphatic hydroxyl groups excluding tert-OH is 1. The molecule has 2 rings (SSSR count). The summed E-state index contributed by atoms with van der Waals surface area (Å²) in [4.78, 5) is 18.6. The van der Waals surface area contributed by atoms with Gasteiger partial charge >= 0.3 is 7.60 Å². The van der Waals surface area contributed by atoms with E-state index < -0.39 is 20.0 Å². The summed E-state index contributed by atoms with van der Waals surface area (Å²) in [5.74, 6) is 1.61. The summed E-state index contributed by atoms with van der Waals surface area (Å²) < 4.78 is 28.1. The van der Waals surface area contributed by atoms with E-state index in [0.29, 0.717) is 36.9 Å². The molecule has 3 N–H and O–H groups in total. The van der Waals surface area contributed by atoms with Crippen LogP contribution in [0.2, 0.25) is 0 Å². The van der Waals surface area contributed by atoms with Crippen LogP contribution >= 0.6 is 7.60 Å². The normalized spacial score (nSPS) is 12.8. The molecule has 0 heterocycles. The van der Waals surface area contributed by atoms with Crippen LogP contribution in [0.5, 0.6) is 11.5 Å². The van der Waals surface area contributed by atoms with E-state index >= 15 is 0 Å². The van der Waals surface area contributed by atoms with Gasteiger partial charge in [-0.2, -0.15) is 0 Å². The molecule has 0 aromatic heterocycles. The van der Waals surface area contributed by atoms with Gasteiger partial charge in [-0.15, -0.1) is 0 Å². The number of benzene rings is 2. The Bertz CT molecular complexity index is 933. The van der Waals surface area contributed by atoms with Crippen LogP contribution < -0.4 is 9.47 Å². The third kappa shape index (κ3) is 7.29. The van der Waals surface area contributed by atoms with Gasteiger partial charge in [-0.25, -0.2) is 0 Å². The van der Waals surface area contributed by atoms with Crippen LogP contribution in [-0.2, 0) is 22.1 Å². The third-order valence-electron chi connectivity index (χ3n) is 5.58. The SMILES string of the molecule is CCc1c(C)c(C(O)c2ccc(OCOCC(C)C)cc2)c(C)c(CC)c1OCP(=O)(O)O. The summed E-state index contributed by atoms with van der Waals surface area (Å²) in [6, 6.07) is 7.27. The van der Waals surface area contributed by atoms with Gasteiger partial charge < -0.3 is 29.1 Å². The first-order valence-electron chi connectivity index (χ1n) is 11.3. The van der Waals surface area contributed by atoms with Crippen molar-refractivity contribution in [1.29, 1.82) is 0 Å². The molecule has 1 atom stereocenters. The molecule has 7 nitrogen and oxygen atoms in total. The highest BCUT2D eigenvalue weighted by Crippen LogP contribution is 2.42. The number of ether oxygens (including phenoxy) is 3. The molecule has 0 aliphatic rings. The fourth-order valence-electron chi connectivity index (χ4n) is 4.02. The van der Waals surface area contributed by atoms with Crippen molar-refractivity contribution in [1.82, 2.24) is 0 Å². The van der Waals surface area contributed by atoms with Gasteiger partial charge in [0, 0.05) is 0 Å². The third-order valence-corrected chi connectivity index (χ3v) is 6.04. The molecule has 33 heavy (non-hydrogen) atoms. The van der Waals surface area contributed by atoms with E-state index in [9.17, 15) is 19.5 Å². The lowest BCUT2D eigenvalue weighted by atomic mass is 9.85. The van der Waals surface area contributed by atoms with E-state index in [1.54, 1.807) is 12.1 Å². The van der Waals surface area contributed by atoms with Gasteiger partial charge in [0.2, 0.25) is 0 Å². The van der Waals surface area contributed by atoms with Gasteiger partial charge in [0.15, 0.2) is 13.1 Å². The number of hydrogen-bond acceptors (Lipinski definition) is 5. The van der Waals surface area contributed by atoms with E-state index in [0.717, 1.165) is 33.4 Å². The lowest BCUT2D eigenvalue weighted by Crippen LogP contribution is -2.13. The summed E-state index contributed by atoms with van der Waals surface area (Å²) >= 11 is 0. The van der Waals surface area contributed by atoms with Crippen molar-refractivity contribution in [2.45, 2.75) is 60.5 Å². The second kappa shape index (κ2) is 12.0. The molecule has 0 bridgehead atoms. The molecular formula is C25H37O7P. The van der Waals surface area contributed by atoms with Crippen molar-refractivity contribution in [3.05, 3.63) is 57.6 Å². The minimum atomic E-state index is -4.31. The quantitative estimate of drug-likeness (QED) is 0.222. The minimum Gasteiger partial charge on any atom is -0.480 e. The average molecular weight is 481 g/mol. The van der Waals surface area contributed by atoms with Crippen LogP contribution in [0.1, 0.15) is 67.2 Å². The number of rotatable bonds is 12. The highest BCUT2D eigenvalue weighted by atomic mass is 31.2. The molecule has 0 saturated carbocycles. The Morgan fingerprint density at radius 2 is 1.48 bits per heavy atom. The van der Waals surface area contributed by atoms with Crippen LogP contribution in [0.3, 0.4) is 0 Å². The van der Waals surface area contributed by atoms with Gasteiger partial charge in [0.25, 0.3) is 0 Å². The van der Waals surface area contributed by atoms with Crippen molar-refractivity contribution in [2.24, 2.45) is 5.92 Å². The molecule has 0 aliphatic heterocycles. The van der Waals surface area contributed by atoms with Gasteiger partial charge in [0.1, 0.15) is 17.6 Å². The molecule has 0 amide bonds. The highest BCUT2D eigenvalue weighted by molar-refractivity contribution is 7.51. The molecule has 2 aromatic rings. The van der Waals surface area contributed by atoms with Gasteiger partial charge in [-0.1, -0.05) is 39.8 Å². The van der Waals surface area contributed by atoms with Crippen LogP contribution in [0, 0.1) is 19.8 Å². The van der Waals surface area contributed by atoms with Crippen LogP contribution in [0.25, 0.3) is 0 Å². The molecule has 8 heteroatoms. The summed E-state index contributed by atoms with van der Waals surface area (Å²) in [5, 5.41) is 11.3. The molecule has 2 aromatic carbocycles. The van der Waals surface area contributed by atoms with Gasteiger partial charge in [0.05, 0.1) is 6.61 Å². The van der Waals surface area contributed by atoms with Crippen LogP contribution in [0.15, 0.2) is 24.3 Å². The minimum absolute atomic E-state index is 0.175. The van der Waals surface area contributed by atoms with Crippen molar-refractivity contribution < 1.29 is 33.7 Å². The second-order valence-corrected chi connectivity index (χ2v) is 10.2. The maximum absolute atomic E-state index is 11.4. The Labute approximate surface area is 196 Å². The standard InChI is InChI=1S/C25H37O7P/c1-7-21-17(5)23(18(6)22(8-2)25(21)32-15-33(27,28)29)24(26)19-9-11-20(12-10-19)31-14-30-13-16(3)4/h9-12,16,24,26H,7-8,13-15H2,1-6H3,(H2,27,28,29). The summed E-state index contributed by atoms with van der Waals surface area (Å²) in [6.07, 6.45) is -0.310. The topological polar surface area (TPSA) is 105 Å². The van der Waals surface area contributed by atoms with Crippen molar-refractivity contribution >= 4 is 7.60 Å². The Hall–Kier alpha value is -1.89. The van der Waals surface area contributed by atoms with Gasteiger partial charge in [-0.05, 0) is 78.1 Å². The molecule has 0 radical (unpaired) electrons.